The summed E-state index contributed by atoms with van der Waals surface area (Å²) in [5.74, 6) is 3.80. The molecule has 2 amide bonds. The van der Waals surface area contributed by atoms with Crippen molar-refractivity contribution < 1.29 is 19.0 Å². The van der Waals surface area contributed by atoms with E-state index in [-0.39, 0.29) is 11.6 Å². The third-order valence-electron chi connectivity index (χ3n) is 7.18. The van der Waals surface area contributed by atoms with Crippen LogP contribution in [0.3, 0.4) is 0 Å². The zero-order valence-corrected chi connectivity index (χ0v) is 22.4. The molecule has 0 spiro atoms. The van der Waals surface area contributed by atoms with Crippen molar-refractivity contribution in [3.05, 3.63) is 60.2 Å². The monoisotopic (exact) mass is 521 g/mol. The van der Waals surface area contributed by atoms with Crippen LogP contribution in [0.4, 0.5) is 16.2 Å². The Bertz CT molecular complexity index is 1240. The first-order valence-electron chi connectivity index (χ1n) is 12.9. The van der Waals surface area contributed by atoms with E-state index in [0.29, 0.717) is 18.0 Å². The zero-order valence-electron chi connectivity index (χ0n) is 21.5. The summed E-state index contributed by atoms with van der Waals surface area (Å²) in [6.45, 7) is 6.63. The molecule has 37 heavy (non-hydrogen) atoms. The molecule has 2 fully saturated rings. The van der Waals surface area contributed by atoms with E-state index in [1.165, 1.54) is 11.5 Å². The smallest absolute Gasteiger partial charge is 0.323 e. The van der Waals surface area contributed by atoms with Gasteiger partial charge in [0.2, 0.25) is 0 Å². The van der Waals surface area contributed by atoms with Crippen molar-refractivity contribution in [2.75, 3.05) is 62.1 Å². The van der Waals surface area contributed by atoms with Gasteiger partial charge in [0.15, 0.2) is 0 Å². The van der Waals surface area contributed by atoms with Gasteiger partial charge in [-0.15, -0.1) is 0 Å². The number of carbonyl (C=O) groups excluding carboxylic acids is 1. The summed E-state index contributed by atoms with van der Waals surface area (Å²) >= 11 is 2.01. The Hall–Kier alpha value is -2.94. The summed E-state index contributed by atoms with van der Waals surface area (Å²) in [6.07, 6.45) is 1.97. The Balaban J connectivity index is 1.29. The fraction of sp³-hybridized carbons (Fsp3) is 0.414. The molecular weight excluding hydrogens is 486 g/mol. The highest BCUT2D eigenvalue weighted by atomic mass is 32.2. The van der Waals surface area contributed by atoms with E-state index < -0.39 is 0 Å². The summed E-state index contributed by atoms with van der Waals surface area (Å²) in [5, 5.41) is 7.89. The molecule has 7 nitrogen and oxygen atoms in total. The largest absolute Gasteiger partial charge is 0.495 e. The predicted octanol–water partition coefficient (Wildman–Crippen LogP) is 5.95. The first kappa shape index (κ1) is 25.7. The summed E-state index contributed by atoms with van der Waals surface area (Å²) in [4.78, 5) is 15.5. The number of methoxy groups -OCH3 is 1. The maximum absolute atomic E-state index is 13.1. The highest BCUT2D eigenvalue weighted by Gasteiger charge is 2.32. The van der Waals surface area contributed by atoms with Gasteiger partial charge in [-0.25, -0.2) is 4.79 Å². The van der Waals surface area contributed by atoms with Gasteiger partial charge in [-0.1, -0.05) is 30.3 Å². The third kappa shape index (κ3) is 5.98. The maximum atomic E-state index is 13.1. The minimum absolute atomic E-state index is 0.338. The minimum Gasteiger partial charge on any atom is -0.495 e. The van der Waals surface area contributed by atoms with Crippen LogP contribution >= 0.6 is 11.8 Å². The SMILES string of the molecule is COc1ccc(C2(C)CCCO2)cc1NC(=O)Nc1ccc(OCCN2CCSCC2)c2ccccc12. The van der Waals surface area contributed by atoms with Crippen LogP contribution in [0.1, 0.15) is 25.3 Å². The van der Waals surface area contributed by atoms with Crippen LogP contribution in [0.5, 0.6) is 11.5 Å². The molecule has 2 aliphatic rings. The van der Waals surface area contributed by atoms with E-state index >= 15 is 0 Å². The zero-order chi connectivity index (χ0) is 25.7. The first-order chi connectivity index (χ1) is 18.1. The molecule has 0 aliphatic carbocycles. The van der Waals surface area contributed by atoms with Gasteiger partial charge in [-0.2, -0.15) is 11.8 Å². The number of hydrogen-bond donors (Lipinski definition) is 2. The number of amides is 2. The average molecular weight is 522 g/mol. The van der Waals surface area contributed by atoms with Crippen LogP contribution in [0.2, 0.25) is 0 Å². The van der Waals surface area contributed by atoms with E-state index in [9.17, 15) is 4.79 Å². The molecule has 0 bridgehead atoms. The number of urea groups is 1. The van der Waals surface area contributed by atoms with Crippen molar-refractivity contribution in [1.82, 2.24) is 4.90 Å². The second-order valence-electron chi connectivity index (χ2n) is 9.64. The molecule has 1 atom stereocenters. The van der Waals surface area contributed by atoms with Gasteiger partial charge in [0.1, 0.15) is 18.1 Å². The Labute approximate surface area is 222 Å². The number of nitrogens with zero attached hydrogens (tertiary/aromatic N) is 1. The van der Waals surface area contributed by atoms with Crippen LogP contribution in [-0.4, -0.2) is 62.4 Å². The van der Waals surface area contributed by atoms with Gasteiger partial charge in [0.25, 0.3) is 0 Å². The molecule has 0 radical (unpaired) electrons. The molecule has 2 saturated heterocycles. The molecule has 2 aliphatic heterocycles. The van der Waals surface area contributed by atoms with Gasteiger partial charge in [-0.3, -0.25) is 4.90 Å². The Morgan fingerprint density at radius 1 is 1.03 bits per heavy atom. The lowest BCUT2D eigenvalue weighted by molar-refractivity contribution is 0.0168. The van der Waals surface area contributed by atoms with Gasteiger partial charge in [0, 0.05) is 48.5 Å². The molecule has 2 heterocycles. The quantitative estimate of drug-likeness (QED) is 0.382. The van der Waals surface area contributed by atoms with Gasteiger partial charge >= 0.3 is 6.03 Å². The van der Waals surface area contributed by atoms with Crippen LogP contribution < -0.4 is 20.1 Å². The van der Waals surface area contributed by atoms with E-state index in [0.717, 1.165) is 66.9 Å². The van der Waals surface area contributed by atoms with Crippen molar-refractivity contribution >= 4 is 39.9 Å². The summed E-state index contributed by atoms with van der Waals surface area (Å²) in [6, 6.07) is 17.3. The second kappa shape index (κ2) is 11.6. The van der Waals surface area contributed by atoms with Gasteiger partial charge in [0.05, 0.1) is 24.1 Å². The summed E-state index contributed by atoms with van der Waals surface area (Å²) in [7, 11) is 1.60. The van der Waals surface area contributed by atoms with Crippen LogP contribution in [0.15, 0.2) is 54.6 Å². The normalized spacial score (nSPS) is 20.1. The van der Waals surface area contributed by atoms with Crippen molar-refractivity contribution in [2.24, 2.45) is 0 Å². The number of hydrogen-bond acceptors (Lipinski definition) is 6. The second-order valence-corrected chi connectivity index (χ2v) is 10.9. The number of carbonyl (C=O) groups is 1. The lowest BCUT2D eigenvalue weighted by Gasteiger charge is -2.26. The summed E-state index contributed by atoms with van der Waals surface area (Å²) < 4.78 is 17.7. The number of fused-ring (bicyclic) bond motifs is 1. The van der Waals surface area contributed by atoms with E-state index in [4.69, 9.17) is 14.2 Å². The van der Waals surface area contributed by atoms with Gasteiger partial charge < -0.3 is 24.8 Å². The molecule has 3 aromatic carbocycles. The molecule has 2 N–H and O–H groups in total. The lowest BCUT2D eigenvalue weighted by atomic mass is 9.92. The average Bonchev–Trinajstić information content (AvgIpc) is 3.38. The number of nitrogens with one attached hydrogen (secondary N) is 2. The molecule has 5 rings (SSSR count). The molecule has 196 valence electrons. The fourth-order valence-electron chi connectivity index (χ4n) is 5.03. The number of anilines is 2. The maximum Gasteiger partial charge on any atom is 0.323 e. The lowest BCUT2D eigenvalue weighted by Crippen LogP contribution is -2.35. The third-order valence-corrected chi connectivity index (χ3v) is 8.12. The highest BCUT2D eigenvalue weighted by molar-refractivity contribution is 7.99. The van der Waals surface area contributed by atoms with Crippen molar-refractivity contribution in [1.29, 1.82) is 0 Å². The molecular formula is C29H35N3O4S. The van der Waals surface area contributed by atoms with Crippen LogP contribution in [-0.2, 0) is 10.3 Å². The van der Waals surface area contributed by atoms with E-state index in [1.54, 1.807) is 7.11 Å². The van der Waals surface area contributed by atoms with Crippen LogP contribution in [0, 0.1) is 0 Å². The molecule has 0 aromatic heterocycles. The molecule has 3 aromatic rings. The first-order valence-corrected chi connectivity index (χ1v) is 14.1. The van der Waals surface area contributed by atoms with Crippen molar-refractivity contribution in [2.45, 2.75) is 25.4 Å². The number of rotatable bonds is 8. The van der Waals surface area contributed by atoms with Gasteiger partial charge in [-0.05, 0) is 49.6 Å². The highest BCUT2D eigenvalue weighted by Crippen LogP contribution is 2.39. The number of benzene rings is 3. The van der Waals surface area contributed by atoms with Crippen LogP contribution in [0.25, 0.3) is 10.8 Å². The van der Waals surface area contributed by atoms with E-state index in [2.05, 4.69) is 22.5 Å². The molecule has 1 unspecified atom stereocenters. The Morgan fingerprint density at radius 3 is 2.54 bits per heavy atom. The Morgan fingerprint density at radius 2 is 1.78 bits per heavy atom. The predicted molar refractivity (Wildman–Crippen MR) is 151 cm³/mol. The number of thioether (sulfide) groups is 1. The van der Waals surface area contributed by atoms with Crippen molar-refractivity contribution in [3.8, 4) is 11.5 Å². The fourth-order valence-corrected chi connectivity index (χ4v) is 6.01. The van der Waals surface area contributed by atoms with E-state index in [1.807, 2.05) is 66.4 Å². The topological polar surface area (TPSA) is 72.1 Å². The summed E-state index contributed by atoms with van der Waals surface area (Å²) in [5.41, 5.74) is 2.00. The number of ether oxygens (including phenoxy) is 3. The molecule has 8 heteroatoms. The Kier molecular flexibility index (Phi) is 8.08. The standard InChI is InChI=1S/C29H35N3O4S/c1-29(12-5-16-36-29)21-8-10-27(34-2)25(20-21)31-28(33)30-24-9-11-26(23-7-4-3-6-22(23)24)35-17-13-32-14-18-37-19-15-32/h3-4,6-11,20H,5,12-19H2,1-2H3,(H2,30,31,33). The minimum atomic E-state index is -0.349. The van der Waals surface area contributed by atoms with Crippen molar-refractivity contribution in [3.63, 3.8) is 0 Å². The molecule has 0 saturated carbocycles.